The summed E-state index contributed by atoms with van der Waals surface area (Å²) in [7, 11) is 0. The lowest BCUT2D eigenvalue weighted by atomic mass is 10.00. The van der Waals surface area contributed by atoms with Crippen LogP contribution in [0, 0.1) is 0 Å². The molecule has 0 saturated carbocycles. The summed E-state index contributed by atoms with van der Waals surface area (Å²) in [6.07, 6.45) is -5.20. The van der Waals surface area contributed by atoms with Gasteiger partial charge in [0.25, 0.3) is 5.91 Å². The monoisotopic (exact) mass is 285 g/mol. The van der Waals surface area contributed by atoms with Crippen molar-refractivity contribution in [2.24, 2.45) is 0 Å². The van der Waals surface area contributed by atoms with Crippen molar-refractivity contribution in [3.05, 3.63) is 47.7 Å². The topological polar surface area (TPSA) is 66.4 Å². The molecule has 4 nitrogen and oxygen atoms in total. The third kappa shape index (κ3) is 2.44. The largest absolute Gasteiger partial charge is 0.426 e. The number of ketones is 1. The van der Waals surface area contributed by atoms with E-state index in [1.165, 1.54) is 12.1 Å². The van der Waals surface area contributed by atoms with Crippen LogP contribution in [0.15, 0.2) is 42.1 Å². The van der Waals surface area contributed by atoms with Crippen molar-refractivity contribution in [3.63, 3.8) is 0 Å². The lowest BCUT2D eigenvalue weighted by Gasteiger charge is -2.21. The van der Waals surface area contributed by atoms with Gasteiger partial charge in [-0.1, -0.05) is 30.3 Å². The molecular weight excluding hydrogens is 275 g/mol. The Hall–Kier alpha value is -2.15. The molecule has 1 aliphatic rings. The van der Waals surface area contributed by atoms with Crippen LogP contribution in [0.5, 0.6) is 0 Å². The summed E-state index contributed by atoms with van der Waals surface area (Å²) in [5, 5.41) is 11.2. The zero-order valence-corrected chi connectivity index (χ0v) is 10.1. The number of carbonyl (C=O) groups excluding carboxylic acids is 2. The molecule has 1 heterocycles. The van der Waals surface area contributed by atoms with E-state index in [1.54, 1.807) is 18.2 Å². The van der Waals surface area contributed by atoms with Crippen LogP contribution in [0.2, 0.25) is 0 Å². The smallest absolute Gasteiger partial charge is 0.372 e. The molecule has 1 aromatic carbocycles. The Kier molecular flexibility index (Phi) is 3.39. The predicted molar refractivity (Wildman–Crippen MR) is 62.6 cm³/mol. The average molecular weight is 285 g/mol. The number of carbonyl (C=O) groups is 2. The van der Waals surface area contributed by atoms with Gasteiger partial charge in [-0.25, -0.2) is 0 Å². The molecule has 20 heavy (non-hydrogen) atoms. The van der Waals surface area contributed by atoms with Gasteiger partial charge in [-0.2, -0.15) is 13.2 Å². The average Bonchev–Trinajstić information content (AvgIpc) is 2.66. The van der Waals surface area contributed by atoms with E-state index in [4.69, 9.17) is 0 Å². The molecule has 7 heteroatoms. The quantitative estimate of drug-likeness (QED) is 0.640. The van der Waals surface area contributed by atoms with E-state index in [0.29, 0.717) is 0 Å². The van der Waals surface area contributed by atoms with Gasteiger partial charge in [0.05, 0.1) is 0 Å². The molecule has 0 spiro atoms. The van der Waals surface area contributed by atoms with Crippen molar-refractivity contribution >= 4 is 11.7 Å². The Bertz CT molecular complexity index is 580. The number of rotatable bonds is 2. The van der Waals surface area contributed by atoms with Gasteiger partial charge in [0.2, 0.25) is 5.60 Å². The number of benzene rings is 1. The first kappa shape index (κ1) is 14.3. The molecule has 1 aliphatic heterocycles. The fraction of sp³-hybridized carbons (Fsp3) is 0.231. The predicted octanol–water partition coefficient (Wildman–Crippen LogP) is 1.57. The number of amides is 1. The Balaban J connectivity index is 2.23. The summed E-state index contributed by atoms with van der Waals surface area (Å²) < 4.78 is 37.8. The van der Waals surface area contributed by atoms with Crippen LogP contribution in [-0.4, -0.2) is 28.6 Å². The molecule has 0 aromatic heterocycles. The van der Waals surface area contributed by atoms with E-state index in [2.05, 4.69) is 0 Å². The van der Waals surface area contributed by atoms with Crippen LogP contribution >= 0.6 is 0 Å². The summed E-state index contributed by atoms with van der Waals surface area (Å²) >= 11 is 0. The van der Waals surface area contributed by atoms with Crippen molar-refractivity contribution in [2.75, 3.05) is 0 Å². The summed E-state index contributed by atoms with van der Waals surface area (Å²) in [6.45, 7) is 0. The maximum atomic E-state index is 12.6. The second kappa shape index (κ2) is 4.75. The highest BCUT2D eigenvalue weighted by molar-refractivity contribution is 6.05. The van der Waals surface area contributed by atoms with Crippen LogP contribution in [0.25, 0.3) is 0 Å². The van der Waals surface area contributed by atoms with E-state index in [-0.39, 0.29) is 11.3 Å². The Labute approximate surface area is 111 Å². The van der Waals surface area contributed by atoms with Gasteiger partial charge in [-0.15, -0.1) is 0 Å². The molecule has 106 valence electrons. The van der Waals surface area contributed by atoms with Crippen LogP contribution in [0.3, 0.4) is 0 Å². The van der Waals surface area contributed by atoms with E-state index in [9.17, 15) is 27.9 Å². The molecule has 2 rings (SSSR count). The zero-order chi connectivity index (χ0) is 15.0. The molecule has 1 atom stereocenters. The number of aliphatic hydroxyl groups is 1. The second-order valence-corrected chi connectivity index (χ2v) is 4.39. The van der Waals surface area contributed by atoms with E-state index in [1.807, 2.05) is 5.32 Å². The van der Waals surface area contributed by atoms with E-state index in [0.717, 1.165) is 6.08 Å². The fourth-order valence-electron chi connectivity index (χ4n) is 1.81. The third-order valence-corrected chi connectivity index (χ3v) is 2.93. The van der Waals surface area contributed by atoms with E-state index < -0.39 is 29.9 Å². The van der Waals surface area contributed by atoms with Crippen molar-refractivity contribution in [3.8, 4) is 0 Å². The molecule has 1 amide bonds. The van der Waals surface area contributed by atoms with Gasteiger partial charge >= 0.3 is 6.18 Å². The molecule has 0 aliphatic carbocycles. The highest BCUT2D eigenvalue weighted by Crippen LogP contribution is 2.38. The molecule has 1 aromatic rings. The summed E-state index contributed by atoms with van der Waals surface area (Å²) in [4.78, 5) is 23.0. The maximum absolute atomic E-state index is 12.6. The molecule has 1 fully saturated rings. The minimum Gasteiger partial charge on any atom is -0.372 e. The maximum Gasteiger partial charge on any atom is 0.426 e. The number of hydrogen-bond acceptors (Lipinski definition) is 3. The number of halogens is 3. The van der Waals surface area contributed by atoms with Gasteiger partial charge in [-0.3, -0.25) is 9.59 Å². The van der Waals surface area contributed by atoms with Gasteiger partial charge < -0.3 is 10.4 Å². The van der Waals surface area contributed by atoms with Gasteiger partial charge in [0.1, 0.15) is 0 Å². The van der Waals surface area contributed by atoms with Crippen LogP contribution in [0.4, 0.5) is 13.2 Å². The molecule has 0 radical (unpaired) electrons. The Morgan fingerprint density at radius 2 is 1.90 bits per heavy atom. The number of alkyl halides is 3. The third-order valence-electron chi connectivity index (χ3n) is 2.93. The van der Waals surface area contributed by atoms with Crippen molar-refractivity contribution in [1.82, 2.24) is 5.32 Å². The van der Waals surface area contributed by atoms with E-state index >= 15 is 0 Å². The zero-order valence-electron chi connectivity index (χ0n) is 10.1. The summed E-state index contributed by atoms with van der Waals surface area (Å²) in [6, 6.07) is 7.87. The van der Waals surface area contributed by atoms with Crippen LogP contribution in [-0.2, 0) is 4.79 Å². The molecule has 0 bridgehead atoms. The standard InChI is InChI=1S/C13H10F3NO3/c14-13(15,16)12(20)7-9(17-11(12)19)6-10(18)8-4-2-1-3-5-8/h1-6,20H,7H2,(H,17,19)/b9-6-. The highest BCUT2D eigenvalue weighted by Gasteiger charge is 2.62. The fourth-order valence-corrected chi connectivity index (χ4v) is 1.81. The van der Waals surface area contributed by atoms with Gasteiger partial charge in [0, 0.05) is 23.8 Å². The first-order valence-corrected chi connectivity index (χ1v) is 5.64. The van der Waals surface area contributed by atoms with Crippen LogP contribution in [0.1, 0.15) is 16.8 Å². The lowest BCUT2D eigenvalue weighted by Crippen LogP contribution is -2.50. The molecular formula is C13H10F3NO3. The van der Waals surface area contributed by atoms with Gasteiger partial charge in [-0.05, 0) is 0 Å². The lowest BCUT2D eigenvalue weighted by molar-refractivity contribution is -0.246. The van der Waals surface area contributed by atoms with Crippen LogP contribution < -0.4 is 5.32 Å². The molecule has 1 saturated heterocycles. The minimum atomic E-state index is -5.09. The Morgan fingerprint density at radius 1 is 1.30 bits per heavy atom. The first-order valence-electron chi connectivity index (χ1n) is 5.64. The summed E-state index contributed by atoms with van der Waals surface area (Å²) in [5.41, 5.74) is -3.46. The number of hydrogen-bond donors (Lipinski definition) is 2. The number of allylic oxidation sites excluding steroid dienone is 1. The number of nitrogens with one attached hydrogen (secondary N) is 1. The van der Waals surface area contributed by atoms with Gasteiger partial charge in [0.15, 0.2) is 5.78 Å². The normalized spacial score (nSPS) is 24.8. The second-order valence-electron chi connectivity index (χ2n) is 4.39. The van der Waals surface area contributed by atoms with Crippen molar-refractivity contribution in [2.45, 2.75) is 18.2 Å². The van der Waals surface area contributed by atoms with Crippen molar-refractivity contribution < 1.29 is 27.9 Å². The van der Waals surface area contributed by atoms with Crippen molar-refractivity contribution in [1.29, 1.82) is 0 Å². The minimum absolute atomic E-state index is 0.260. The first-order chi connectivity index (χ1) is 9.24. The molecule has 2 N–H and O–H groups in total. The molecule has 1 unspecified atom stereocenters. The Morgan fingerprint density at radius 3 is 2.40 bits per heavy atom. The summed E-state index contributed by atoms with van der Waals surface area (Å²) in [5.74, 6) is -2.12. The SMILES string of the molecule is O=C(/C=C1/CC(O)(C(F)(F)F)C(=O)N1)c1ccccc1. The highest BCUT2D eigenvalue weighted by atomic mass is 19.4.